The summed E-state index contributed by atoms with van der Waals surface area (Å²) >= 11 is -2.20. The van der Waals surface area contributed by atoms with Gasteiger partial charge in [-0.05, 0) is 0 Å². The molecule has 0 rings (SSSR count). The van der Waals surface area contributed by atoms with Gasteiger partial charge in [-0.3, -0.25) is 0 Å². The third-order valence-corrected chi connectivity index (χ3v) is 24.2. The van der Waals surface area contributed by atoms with Crippen LogP contribution in [-0.4, -0.2) is 26.5 Å². The summed E-state index contributed by atoms with van der Waals surface area (Å²) in [7, 11) is -1.25. The minimum atomic E-state index is -2.20. The molecule has 0 aliphatic carbocycles. The van der Waals surface area contributed by atoms with Gasteiger partial charge >= 0.3 is 147 Å². The summed E-state index contributed by atoms with van der Waals surface area (Å²) in [5, 5.41) is 0. The Labute approximate surface area is 147 Å². The van der Waals surface area contributed by atoms with Crippen molar-refractivity contribution in [3.05, 3.63) is 0 Å². The fourth-order valence-corrected chi connectivity index (χ4v) is 22.5. The van der Waals surface area contributed by atoms with Crippen LogP contribution in [0.5, 0.6) is 0 Å². The van der Waals surface area contributed by atoms with Crippen molar-refractivity contribution < 1.29 is 0 Å². The van der Waals surface area contributed by atoms with Crippen molar-refractivity contribution >= 4 is 26.5 Å². The molecule has 0 saturated heterocycles. The van der Waals surface area contributed by atoms with Gasteiger partial charge in [-0.25, -0.2) is 0 Å². The molecule has 22 heavy (non-hydrogen) atoms. The van der Waals surface area contributed by atoms with E-state index in [-0.39, 0.29) is 0 Å². The van der Waals surface area contributed by atoms with Gasteiger partial charge in [0, 0.05) is 0 Å². The molecule has 0 fully saturated rings. The van der Waals surface area contributed by atoms with E-state index in [0.717, 1.165) is 0 Å². The summed E-state index contributed by atoms with van der Waals surface area (Å²) in [6.45, 7) is 14.3. The Morgan fingerprint density at radius 3 is 1.27 bits per heavy atom. The first-order chi connectivity index (χ1) is 10.6. The van der Waals surface area contributed by atoms with Gasteiger partial charge in [0.05, 0.1) is 0 Å². The van der Waals surface area contributed by atoms with E-state index in [1.54, 1.807) is 13.3 Å². The SMILES string of the molecule is CCC[CH2][Sn]([C]#C[Si](CC)(CC)CC)([CH2]CCC)[CH2]CCC. The normalized spacial score (nSPS) is 12.1. The molecule has 2 heteroatoms. The molecular weight excluding hydrogens is 387 g/mol. The molecule has 0 heterocycles. The zero-order valence-corrected chi connectivity index (χ0v) is 20.3. The molecule has 0 atom stereocenters. The molecule has 0 amide bonds. The summed E-state index contributed by atoms with van der Waals surface area (Å²) in [6, 6.07) is 4.10. The molecule has 0 aromatic heterocycles. The minimum absolute atomic E-state index is 1.25. The van der Waals surface area contributed by atoms with Crippen molar-refractivity contribution in [3.63, 3.8) is 0 Å². The van der Waals surface area contributed by atoms with E-state index in [2.05, 4.69) is 51.0 Å². The third-order valence-electron chi connectivity index (χ3n) is 5.65. The van der Waals surface area contributed by atoms with E-state index >= 15 is 0 Å². The van der Waals surface area contributed by atoms with E-state index < -0.39 is 26.5 Å². The maximum absolute atomic E-state index is 4.15. The van der Waals surface area contributed by atoms with Crippen LogP contribution < -0.4 is 0 Å². The van der Waals surface area contributed by atoms with E-state index in [0.29, 0.717) is 0 Å². The fraction of sp³-hybridized carbons (Fsp3) is 0.900. The summed E-state index contributed by atoms with van der Waals surface area (Å²) in [4.78, 5) is 0. The molecule has 0 aromatic rings. The van der Waals surface area contributed by atoms with E-state index in [1.807, 2.05) is 0 Å². The van der Waals surface area contributed by atoms with E-state index in [1.165, 1.54) is 56.7 Å². The molecule has 0 aromatic carbocycles. The number of unbranched alkanes of at least 4 members (excludes halogenated alkanes) is 3. The topological polar surface area (TPSA) is 0 Å². The second-order valence-electron chi connectivity index (χ2n) is 7.18. The second-order valence-corrected chi connectivity index (χ2v) is 24.4. The van der Waals surface area contributed by atoms with Crippen LogP contribution in [0.2, 0.25) is 31.4 Å². The average Bonchev–Trinajstić information content (AvgIpc) is 2.57. The third kappa shape index (κ3) is 7.91. The summed E-state index contributed by atoms with van der Waals surface area (Å²) in [5.41, 5.74) is 4.03. The monoisotopic (exact) mass is 430 g/mol. The second kappa shape index (κ2) is 12.9. The van der Waals surface area contributed by atoms with Crippen LogP contribution in [0.15, 0.2) is 0 Å². The molecule has 130 valence electrons. The van der Waals surface area contributed by atoms with Crippen molar-refractivity contribution in [3.8, 4) is 9.48 Å². The Kier molecular flexibility index (Phi) is 13.3. The Bertz CT molecular complexity index is 292. The first-order valence-electron chi connectivity index (χ1n) is 10.1. The van der Waals surface area contributed by atoms with E-state index in [4.69, 9.17) is 0 Å². The molecule has 0 unspecified atom stereocenters. The van der Waals surface area contributed by atoms with Crippen molar-refractivity contribution in [2.45, 2.75) is 112 Å². The fourth-order valence-electron chi connectivity index (χ4n) is 3.39. The maximum atomic E-state index is 4.15. The van der Waals surface area contributed by atoms with Gasteiger partial charge in [0.25, 0.3) is 0 Å². The van der Waals surface area contributed by atoms with Crippen LogP contribution in [-0.2, 0) is 0 Å². The first-order valence-corrected chi connectivity index (χ1v) is 20.2. The molecule has 0 saturated carbocycles. The van der Waals surface area contributed by atoms with Crippen LogP contribution in [0.25, 0.3) is 0 Å². The Morgan fingerprint density at radius 1 is 0.636 bits per heavy atom. The van der Waals surface area contributed by atoms with Gasteiger partial charge < -0.3 is 0 Å². The summed E-state index contributed by atoms with van der Waals surface area (Å²) < 4.78 is 8.78. The molecule has 0 aliphatic rings. The van der Waals surface area contributed by atoms with Gasteiger partial charge in [0.15, 0.2) is 0 Å². The predicted octanol–water partition coefficient (Wildman–Crippen LogP) is 7.43. The predicted molar refractivity (Wildman–Crippen MR) is 110 cm³/mol. The number of hydrogen-bond acceptors (Lipinski definition) is 0. The average molecular weight is 429 g/mol. The zero-order valence-electron chi connectivity index (χ0n) is 16.5. The molecule has 0 N–H and O–H groups in total. The Hall–Kier alpha value is 0.576. The molecule has 0 aliphatic heterocycles. The van der Waals surface area contributed by atoms with Crippen molar-refractivity contribution in [1.29, 1.82) is 0 Å². The van der Waals surface area contributed by atoms with Crippen LogP contribution in [0.1, 0.15) is 80.1 Å². The van der Waals surface area contributed by atoms with Gasteiger partial charge in [-0.15, -0.1) is 0 Å². The van der Waals surface area contributed by atoms with Crippen LogP contribution >= 0.6 is 0 Å². The molecular formula is C20H42SiSn. The van der Waals surface area contributed by atoms with Crippen molar-refractivity contribution in [2.75, 3.05) is 0 Å². The van der Waals surface area contributed by atoms with Crippen molar-refractivity contribution in [2.24, 2.45) is 0 Å². The molecule has 0 bridgehead atoms. The first kappa shape index (κ1) is 22.6. The van der Waals surface area contributed by atoms with Crippen LogP contribution in [0, 0.1) is 9.48 Å². The Morgan fingerprint density at radius 2 is 1.00 bits per heavy atom. The van der Waals surface area contributed by atoms with Gasteiger partial charge in [-0.2, -0.15) is 0 Å². The van der Waals surface area contributed by atoms with Crippen molar-refractivity contribution in [1.82, 2.24) is 0 Å². The van der Waals surface area contributed by atoms with Crippen LogP contribution in [0.3, 0.4) is 0 Å². The molecule has 0 spiro atoms. The molecule has 0 radical (unpaired) electrons. The number of rotatable bonds is 12. The summed E-state index contributed by atoms with van der Waals surface area (Å²) in [5.74, 6) is 0. The van der Waals surface area contributed by atoms with Gasteiger partial charge in [0.2, 0.25) is 0 Å². The quantitative estimate of drug-likeness (QED) is 0.224. The van der Waals surface area contributed by atoms with Gasteiger partial charge in [-0.1, -0.05) is 0 Å². The van der Waals surface area contributed by atoms with E-state index in [9.17, 15) is 0 Å². The van der Waals surface area contributed by atoms with Gasteiger partial charge in [0.1, 0.15) is 0 Å². The number of hydrogen-bond donors (Lipinski definition) is 0. The summed E-state index contributed by atoms with van der Waals surface area (Å²) in [6.07, 6.45) is 8.40. The standard InChI is InChI=1S/C8H15Si.3C4H9.Sn/c1-5-9(6-2,7-3)8-4;3*1-3-4-2;/h5-7H2,1-3H3;3*1,3-4H2,2H3;. The van der Waals surface area contributed by atoms with Crippen LogP contribution in [0.4, 0.5) is 0 Å². The zero-order chi connectivity index (χ0) is 16.9. The molecule has 0 nitrogen and oxygen atoms in total. The Balaban J connectivity index is 5.40.